The molecular weight excluding hydrogens is 282 g/mol. The zero-order valence-electron chi connectivity index (χ0n) is 10.9. The third kappa shape index (κ3) is 5.46. The fraction of sp³-hybridized carbons (Fsp3) is 0.692. The summed E-state index contributed by atoms with van der Waals surface area (Å²) < 4.78 is 1.20. The summed E-state index contributed by atoms with van der Waals surface area (Å²) in [6, 6.07) is 2.23. The first kappa shape index (κ1) is 14.2. The number of hydrogen-bond acceptors (Lipinski definition) is 2. The van der Waals surface area contributed by atoms with E-state index >= 15 is 0 Å². The van der Waals surface area contributed by atoms with Crippen LogP contribution in [0, 0.1) is 5.41 Å². The molecule has 3 heteroatoms. The number of thiophene rings is 1. The summed E-state index contributed by atoms with van der Waals surface area (Å²) in [5.74, 6) is 0. The van der Waals surface area contributed by atoms with Crippen LogP contribution in [-0.2, 0) is 6.42 Å². The van der Waals surface area contributed by atoms with E-state index in [4.69, 9.17) is 0 Å². The second kappa shape index (κ2) is 5.19. The van der Waals surface area contributed by atoms with Gasteiger partial charge in [0.15, 0.2) is 0 Å². The van der Waals surface area contributed by atoms with E-state index in [9.17, 15) is 0 Å². The van der Waals surface area contributed by atoms with E-state index in [-0.39, 0.29) is 5.54 Å². The van der Waals surface area contributed by atoms with Gasteiger partial charge < -0.3 is 5.32 Å². The molecule has 0 amide bonds. The lowest BCUT2D eigenvalue weighted by atomic mass is 9.87. The second-order valence-corrected chi connectivity index (χ2v) is 8.09. The normalized spacial score (nSPS) is 13.1. The van der Waals surface area contributed by atoms with Crippen LogP contribution >= 0.6 is 27.3 Å². The molecule has 0 spiro atoms. The van der Waals surface area contributed by atoms with Gasteiger partial charge in [0.1, 0.15) is 0 Å². The molecule has 1 nitrogen and oxygen atoms in total. The number of hydrogen-bond donors (Lipinski definition) is 1. The molecule has 0 fully saturated rings. The number of rotatable bonds is 4. The van der Waals surface area contributed by atoms with Crippen molar-refractivity contribution in [3.63, 3.8) is 0 Å². The molecule has 0 saturated carbocycles. The van der Waals surface area contributed by atoms with E-state index in [1.54, 1.807) is 0 Å². The summed E-state index contributed by atoms with van der Waals surface area (Å²) in [7, 11) is 0. The van der Waals surface area contributed by atoms with Crippen molar-refractivity contribution in [3.05, 3.63) is 20.8 Å². The molecule has 0 aliphatic carbocycles. The average Bonchev–Trinajstić information content (AvgIpc) is 2.46. The second-order valence-electron chi connectivity index (χ2n) is 6.18. The third-order valence-corrected chi connectivity index (χ3v) is 4.07. The highest BCUT2D eigenvalue weighted by atomic mass is 79.9. The van der Waals surface area contributed by atoms with Gasteiger partial charge in [-0.05, 0) is 54.6 Å². The Bertz CT molecular complexity index is 336. The van der Waals surface area contributed by atoms with E-state index in [2.05, 4.69) is 67.3 Å². The van der Waals surface area contributed by atoms with Crippen molar-refractivity contribution in [1.82, 2.24) is 5.32 Å². The van der Waals surface area contributed by atoms with Gasteiger partial charge in [0.2, 0.25) is 0 Å². The van der Waals surface area contributed by atoms with Crippen molar-refractivity contribution in [2.45, 2.75) is 46.6 Å². The minimum atomic E-state index is 0.202. The molecule has 0 radical (unpaired) electrons. The predicted octanol–water partition coefficient (Wildman–Crippen LogP) is 4.47. The number of nitrogens with one attached hydrogen (secondary N) is 1. The van der Waals surface area contributed by atoms with Crippen molar-refractivity contribution in [1.29, 1.82) is 0 Å². The molecule has 1 aromatic rings. The fourth-order valence-corrected chi connectivity index (χ4v) is 3.19. The monoisotopic (exact) mass is 303 g/mol. The number of halogens is 1. The maximum absolute atomic E-state index is 3.58. The fourth-order valence-electron chi connectivity index (χ4n) is 1.49. The molecular formula is C13H22BrNS. The van der Waals surface area contributed by atoms with Gasteiger partial charge in [-0.15, -0.1) is 11.3 Å². The first-order valence-electron chi connectivity index (χ1n) is 5.66. The molecule has 0 aliphatic heterocycles. The summed E-state index contributed by atoms with van der Waals surface area (Å²) >= 11 is 5.34. The predicted molar refractivity (Wildman–Crippen MR) is 77.3 cm³/mol. The summed E-state index contributed by atoms with van der Waals surface area (Å²) in [6.07, 6.45) is 1.13. The highest BCUT2D eigenvalue weighted by Gasteiger charge is 2.21. The van der Waals surface area contributed by atoms with Gasteiger partial charge in [0.05, 0.1) is 0 Å². The minimum Gasteiger partial charge on any atom is -0.312 e. The lowest BCUT2D eigenvalue weighted by Crippen LogP contribution is -2.42. The summed E-state index contributed by atoms with van der Waals surface area (Å²) in [4.78, 5) is 1.45. The van der Waals surface area contributed by atoms with Crippen LogP contribution < -0.4 is 5.32 Å². The van der Waals surface area contributed by atoms with Gasteiger partial charge >= 0.3 is 0 Å². The van der Waals surface area contributed by atoms with Crippen LogP contribution in [0.3, 0.4) is 0 Å². The molecule has 0 bridgehead atoms. The van der Waals surface area contributed by atoms with Gasteiger partial charge in [-0.1, -0.05) is 13.8 Å². The Balaban J connectivity index is 2.51. The van der Waals surface area contributed by atoms with Gasteiger partial charge in [-0.25, -0.2) is 0 Å². The Morgan fingerprint density at radius 1 is 1.25 bits per heavy atom. The molecule has 1 aromatic heterocycles. The highest BCUT2D eigenvalue weighted by molar-refractivity contribution is 9.10. The Morgan fingerprint density at radius 3 is 2.31 bits per heavy atom. The van der Waals surface area contributed by atoms with E-state index < -0.39 is 0 Å². The quantitative estimate of drug-likeness (QED) is 0.865. The lowest BCUT2D eigenvalue weighted by Gasteiger charge is -2.30. The largest absolute Gasteiger partial charge is 0.312 e. The summed E-state index contributed by atoms with van der Waals surface area (Å²) in [5, 5.41) is 5.74. The van der Waals surface area contributed by atoms with E-state index in [0.29, 0.717) is 5.41 Å². The highest BCUT2D eigenvalue weighted by Crippen LogP contribution is 2.28. The molecule has 1 heterocycles. The van der Waals surface area contributed by atoms with Crippen molar-refractivity contribution >= 4 is 27.3 Å². The van der Waals surface area contributed by atoms with Gasteiger partial charge in [0, 0.05) is 26.8 Å². The van der Waals surface area contributed by atoms with Crippen molar-refractivity contribution in [3.8, 4) is 0 Å². The molecule has 1 N–H and O–H groups in total. The molecule has 16 heavy (non-hydrogen) atoms. The lowest BCUT2D eigenvalue weighted by molar-refractivity contribution is 0.290. The van der Waals surface area contributed by atoms with Crippen LogP contribution in [0.25, 0.3) is 0 Å². The maximum Gasteiger partial charge on any atom is 0.0285 e. The average molecular weight is 304 g/mol. The first-order valence-corrected chi connectivity index (χ1v) is 7.33. The minimum absolute atomic E-state index is 0.202. The van der Waals surface area contributed by atoms with Crippen LogP contribution in [0.4, 0.5) is 0 Å². The van der Waals surface area contributed by atoms with Gasteiger partial charge in [0.25, 0.3) is 0 Å². The molecule has 0 saturated heterocycles. The van der Waals surface area contributed by atoms with E-state index in [1.807, 2.05) is 11.3 Å². The Labute approximate surface area is 112 Å². The Hall–Kier alpha value is 0.140. The van der Waals surface area contributed by atoms with Crippen LogP contribution in [0.15, 0.2) is 15.9 Å². The standard InChI is InChI=1S/C13H22BrNS/c1-12(2,3)15-9-13(4,5)7-11-6-10(14)8-16-11/h6,8,15H,7,9H2,1-5H3. The Morgan fingerprint density at radius 2 is 1.88 bits per heavy atom. The van der Waals surface area contributed by atoms with Crippen molar-refractivity contribution in [2.75, 3.05) is 6.54 Å². The van der Waals surface area contributed by atoms with Crippen molar-refractivity contribution in [2.24, 2.45) is 5.41 Å². The smallest absolute Gasteiger partial charge is 0.0285 e. The van der Waals surface area contributed by atoms with Crippen LogP contribution in [-0.4, -0.2) is 12.1 Å². The Kier molecular flexibility index (Phi) is 4.61. The molecule has 0 aliphatic rings. The summed E-state index contributed by atoms with van der Waals surface area (Å²) in [6.45, 7) is 12.3. The zero-order valence-corrected chi connectivity index (χ0v) is 13.3. The SMILES string of the molecule is CC(C)(CNC(C)(C)C)Cc1cc(Br)cs1. The third-order valence-electron chi connectivity index (χ3n) is 2.37. The van der Waals surface area contributed by atoms with Crippen molar-refractivity contribution < 1.29 is 0 Å². The first-order chi connectivity index (χ1) is 7.18. The van der Waals surface area contributed by atoms with Crippen LogP contribution in [0.1, 0.15) is 39.5 Å². The summed E-state index contributed by atoms with van der Waals surface area (Å²) in [5.41, 5.74) is 0.505. The van der Waals surface area contributed by atoms with Gasteiger partial charge in [-0.2, -0.15) is 0 Å². The van der Waals surface area contributed by atoms with Crippen LogP contribution in [0.5, 0.6) is 0 Å². The van der Waals surface area contributed by atoms with E-state index in [0.717, 1.165) is 13.0 Å². The maximum atomic E-state index is 3.58. The van der Waals surface area contributed by atoms with Gasteiger partial charge in [-0.3, -0.25) is 0 Å². The molecule has 0 aromatic carbocycles. The van der Waals surface area contributed by atoms with E-state index in [1.165, 1.54) is 9.35 Å². The molecule has 92 valence electrons. The molecule has 0 unspecified atom stereocenters. The zero-order chi connectivity index (χ0) is 12.4. The molecule has 1 rings (SSSR count). The molecule has 0 atom stereocenters. The van der Waals surface area contributed by atoms with Crippen LogP contribution in [0.2, 0.25) is 0 Å². The topological polar surface area (TPSA) is 12.0 Å².